The molecule has 0 N–H and O–H groups in total. The first kappa shape index (κ1) is 10.5. The Bertz CT molecular complexity index is 491. The Balaban J connectivity index is 2.21. The lowest BCUT2D eigenvalue weighted by Crippen LogP contribution is -1.98. The fourth-order valence-corrected chi connectivity index (χ4v) is 2.79. The van der Waals surface area contributed by atoms with Crippen LogP contribution in [-0.4, -0.2) is 21.1 Å². The van der Waals surface area contributed by atoms with Crippen molar-refractivity contribution in [2.75, 3.05) is 0 Å². The molecule has 15 heavy (non-hydrogen) atoms. The topological polar surface area (TPSA) is 47.8 Å². The van der Waals surface area contributed by atoms with Crippen molar-refractivity contribution in [1.29, 1.82) is 0 Å². The first-order chi connectivity index (χ1) is 7.19. The summed E-state index contributed by atoms with van der Waals surface area (Å²) >= 11 is 5.01. The number of rotatable bonds is 3. The van der Waals surface area contributed by atoms with Gasteiger partial charge in [-0.2, -0.15) is 5.10 Å². The van der Waals surface area contributed by atoms with E-state index in [0.717, 1.165) is 20.8 Å². The minimum Gasteiger partial charge on any atom is -0.298 e. The summed E-state index contributed by atoms with van der Waals surface area (Å²) in [5.41, 5.74) is 0.590. The molecule has 6 heteroatoms. The fraction of sp³-hybridized carbons (Fsp3) is 0.222. The number of carbonyl (C=O) groups excluding carboxylic acids is 1. The van der Waals surface area contributed by atoms with Crippen molar-refractivity contribution in [2.24, 2.45) is 0 Å². The summed E-state index contributed by atoms with van der Waals surface area (Å²) in [5.74, 6) is 0. The second kappa shape index (κ2) is 4.24. The summed E-state index contributed by atoms with van der Waals surface area (Å²) in [5, 5.41) is 5.09. The van der Waals surface area contributed by atoms with Gasteiger partial charge in [0.15, 0.2) is 6.29 Å². The van der Waals surface area contributed by atoms with Gasteiger partial charge in [-0.05, 0) is 22.9 Å². The number of halogens is 1. The first-order valence-electron chi connectivity index (χ1n) is 4.28. The highest BCUT2D eigenvalue weighted by Crippen LogP contribution is 2.23. The van der Waals surface area contributed by atoms with Crippen LogP contribution in [0.4, 0.5) is 0 Å². The summed E-state index contributed by atoms with van der Waals surface area (Å²) in [6.07, 6.45) is 4.06. The number of hydrogen-bond acceptors (Lipinski definition) is 4. The van der Waals surface area contributed by atoms with Gasteiger partial charge in [0.25, 0.3) is 0 Å². The van der Waals surface area contributed by atoms with Crippen LogP contribution in [-0.2, 0) is 6.54 Å². The third-order valence-corrected chi connectivity index (χ3v) is 3.73. The predicted octanol–water partition coefficient (Wildman–Crippen LogP) is 2.27. The standard InChI is InChI=1S/C9H8BrN3OS/c1-6-12-9(10)8(15-6)4-13-3-7(5-14)2-11-13/h2-3,5H,4H2,1H3. The summed E-state index contributed by atoms with van der Waals surface area (Å²) in [4.78, 5) is 15.8. The third-order valence-electron chi connectivity index (χ3n) is 1.85. The van der Waals surface area contributed by atoms with Crippen molar-refractivity contribution in [1.82, 2.24) is 14.8 Å². The summed E-state index contributed by atoms with van der Waals surface area (Å²) in [6.45, 7) is 2.60. The van der Waals surface area contributed by atoms with Gasteiger partial charge in [-0.25, -0.2) is 4.98 Å². The quantitative estimate of drug-likeness (QED) is 0.813. The lowest BCUT2D eigenvalue weighted by atomic mass is 10.4. The highest BCUT2D eigenvalue weighted by molar-refractivity contribution is 9.10. The number of aldehydes is 1. The third kappa shape index (κ3) is 2.32. The summed E-state index contributed by atoms with van der Waals surface area (Å²) in [6, 6.07) is 0. The van der Waals surface area contributed by atoms with Crippen LogP contribution in [0.3, 0.4) is 0 Å². The van der Waals surface area contributed by atoms with E-state index in [9.17, 15) is 4.79 Å². The van der Waals surface area contributed by atoms with E-state index in [2.05, 4.69) is 26.0 Å². The zero-order chi connectivity index (χ0) is 10.8. The Kier molecular flexibility index (Phi) is 2.97. The molecule has 0 radical (unpaired) electrons. The van der Waals surface area contributed by atoms with Crippen LogP contribution in [0.2, 0.25) is 0 Å². The Hall–Kier alpha value is -1.01. The molecule has 2 aromatic heterocycles. The van der Waals surface area contributed by atoms with Crippen molar-refractivity contribution >= 4 is 33.6 Å². The van der Waals surface area contributed by atoms with Crippen LogP contribution in [0.15, 0.2) is 17.0 Å². The molecule has 0 aliphatic rings. The number of aryl methyl sites for hydroxylation is 1. The molecule has 0 aliphatic heterocycles. The van der Waals surface area contributed by atoms with Gasteiger partial charge in [0.1, 0.15) is 4.60 Å². The maximum absolute atomic E-state index is 10.5. The van der Waals surface area contributed by atoms with Crippen LogP contribution in [0.25, 0.3) is 0 Å². The van der Waals surface area contributed by atoms with Crippen LogP contribution >= 0.6 is 27.3 Å². The summed E-state index contributed by atoms with van der Waals surface area (Å²) < 4.78 is 2.58. The van der Waals surface area contributed by atoms with E-state index >= 15 is 0 Å². The predicted molar refractivity (Wildman–Crippen MR) is 61.3 cm³/mol. The largest absolute Gasteiger partial charge is 0.298 e. The number of thiazole rings is 1. The zero-order valence-electron chi connectivity index (χ0n) is 7.98. The van der Waals surface area contributed by atoms with Crippen molar-refractivity contribution in [3.8, 4) is 0 Å². The van der Waals surface area contributed by atoms with Gasteiger partial charge in [0, 0.05) is 6.20 Å². The minimum atomic E-state index is 0.590. The van der Waals surface area contributed by atoms with Crippen LogP contribution in [0, 0.1) is 6.92 Å². The maximum atomic E-state index is 10.5. The number of carbonyl (C=O) groups is 1. The molecule has 0 aromatic carbocycles. The van der Waals surface area contributed by atoms with Crippen LogP contribution in [0.5, 0.6) is 0 Å². The van der Waals surface area contributed by atoms with Crippen molar-refractivity contribution in [3.63, 3.8) is 0 Å². The van der Waals surface area contributed by atoms with E-state index in [0.29, 0.717) is 12.1 Å². The normalized spacial score (nSPS) is 10.5. The van der Waals surface area contributed by atoms with E-state index in [-0.39, 0.29) is 0 Å². The van der Waals surface area contributed by atoms with E-state index in [1.807, 2.05) is 6.92 Å². The van der Waals surface area contributed by atoms with Crippen molar-refractivity contribution in [3.05, 3.63) is 32.4 Å². The Morgan fingerprint density at radius 1 is 1.67 bits per heavy atom. The molecule has 0 bridgehead atoms. The molecule has 2 heterocycles. The molecule has 0 saturated heterocycles. The Morgan fingerprint density at radius 2 is 2.47 bits per heavy atom. The second-order valence-corrected chi connectivity index (χ2v) is 5.07. The number of hydrogen-bond donors (Lipinski definition) is 0. The molecule has 0 amide bonds. The van der Waals surface area contributed by atoms with Gasteiger partial charge in [0.2, 0.25) is 0 Å². The highest BCUT2D eigenvalue weighted by Gasteiger charge is 2.07. The highest BCUT2D eigenvalue weighted by atomic mass is 79.9. The molecule has 0 spiro atoms. The SMILES string of the molecule is Cc1nc(Br)c(Cn2cc(C=O)cn2)s1. The summed E-state index contributed by atoms with van der Waals surface area (Å²) in [7, 11) is 0. The van der Waals surface area contributed by atoms with Crippen LogP contribution < -0.4 is 0 Å². The van der Waals surface area contributed by atoms with E-state index < -0.39 is 0 Å². The van der Waals surface area contributed by atoms with Gasteiger partial charge in [-0.3, -0.25) is 9.48 Å². The maximum Gasteiger partial charge on any atom is 0.153 e. The molecule has 78 valence electrons. The van der Waals surface area contributed by atoms with Gasteiger partial charge < -0.3 is 0 Å². The number of nitrogens with zero attached hydrogens (tertiary/aromatic N) is 3. The second-order valence-electron chi connectivity index (χ2n) is 3.04. The molecule has 0 unspecified atom stereocenters. The molecular formula is C9H8BrN3OS. The lowest BCUT2D eigenvalue weighted by molar-refractivity contribution is 0.112. The molecule has 0 atom stereocenters. The molecule has 2 aromatic rings. The van der Waals surface area contributed by atoms with Gasteiger partial charge in [-0.1, -0.05) is 0 Å². The van der Waals surface area contributed by atoms with E-state index in [4.69, 9.17) is 0 Å². The van der Waals surface area contributed by atoms with Crippen molar-refractivity contribution < 1.29 is 4.79 Å². The first-order valence-corrected chi connectivity index (χ1v) is 5.89. The fourth-order valence-electron chi connectivity index (χ4n) is 1.22. The van der Waals surface area contributed by atoms with Gasteiger partial charge >= 0.3 is 0 Å². The van der Waals surface area contributed by atoms with Crippen LogP contribution in [0.1, 0.15) is 20.2 Å². The molecule has 4 nitrogen and oxygen atoms in total. The minimum absolute atomic E-state index is 0.590. The zero-order valence-corrected chi connectivity index (χ0v) is 10.4. The molecule has 0 aliphatic carbocycles. The van der Waals surface area contributed by atoms with E-state index in [1.165, 1.54) is 0 Å². The molecular weight excluding hydrogens is 278 g/mol. The van der Waals surface area contributed by atoms with Gasteiger partial charge in [0.05, 0.1) is 28.2 Å². The average Bonchev–Trinajstić information content (AvgIpc) is 2.75. The van der Waals surface area contributed by atoms with Gasteiger partial charge in [-0.15, -0.1) is 11.3 Å². The van der Waals surface area contributed by atoms with E-state index in [1.54, 1.807) is 28.4 Å². The Labute approximate surface area is 99.1 Å². The average molecular weight is 286 g/mol. The monoisotopic (exact) mass is 285 g/mol. The smallest absolute Gasteiger partial charge is 0.153 e. The number of aromatic nitrogens is 3. The lowest BCUT2D eigenvalue weighted by Gasteiger charge is -1.97. The molecule has 0 saturated carbocycles. The molecule has 0 fully saturated rings. The Morgan fingerprint density at radius 3 is 3.00 bits per heavy atom. The van der Waals surface area contributed by atoms with Crippen molar-refractivity contribution in [2.45, 2.75) is 13.5 Å². The molecule has 2 rings (SSSR count).